The van der Waals surface area contributed by atoms with E-state index in [4.69, 9.17) is 9.47 Å². The fourth-order valence-corrected chi connectivity index (χ4v) is 3.11. The van der Waals surface area contributed by atoms with Gasteiger partial charge in [0.15, 0.2) is 11.2 Å². The Morgan fingerprint density at radius 2 is 1.80 bits per heavy atom. The van der Waals surface area contributed by atoms with Crippen LogP contribution in [0.3, 0.4) is 0 Å². The van der Waals surface area contributed by atoms with Gasteiger partial charge in [-0.2, -0.15) is 0 Å². The van der Waals surface area contributed by atoms with Gasteiger partial charge in [0.2, 0.25) is 10.0 Å². The Balaban J connectivity index is 3.09. The van der Waals surface area contributed by atoms with Crippen molar-refractivity contribution in [1.82, 2.24) is 4.72 Å². The molecular weight excluding hydrogens is 288 g/mol. The predicted molar refractivity (Wildman–Crippen MR) is 70.7 cm³/mol. The van der Waals surface area contributed by atoms with E-state index in [1.807, 2.05) is 0 Å². The molecule has 0 amide bonds. The van der Waals surface area contributed by atoms with Gasteiger partial charge in [0, 0.05) is 20.3 Å². The van der Waals surface area contributed by atoms with Gasteiger partial charge in [0.05, 0.1) is 11.0 Å². The third-order valence-electron chi connectivity index (χ3n) is 2.57. The number of rotatable bonds is 7. The van der Waals surface area contributed by atoms with Gasteiger partial charge in [0.1, 0.15) is 0 Å². The molecule has 0 aliphatic heterocycles. The van der Waals surface area contributed by atoms with E-state index in [-0.39, 0.29) is 0 Å². The quantitative estimate of drug-likeness (QED) is 0.455. The molecule has 0 saturated heterocycles. The van der Waals surface area contributed by atoms with Gasteiger partial charge in [-0.1, -0.05) is 12.1 Å². The fraction of sp³-hybridized carbons (Fsp3) is 0.455. The number of sulfonamides is 1. The first-order valence-electron chi connectivity index (χ1n) is 5.64. The van der Waals surface area contributed by atoms with E-state index in [1.165, 1.54) is 39.3 Å². The molecule has 20 heavy (non-hydrogen) atoms. The van der Waals surface area contributed by atoms with Gasteiger partial charge in [-0.15, -0.1) is 0 Å². The van der Waals surface area contributed by atoms with E-state index < -0.39 is 37.9 Å². The van der Waals surface area contributed by atoms with Crippen molar-refractivity contribution in [3.8, 4) is 0 Å². The van der Waals surface area contributed by atoms with Crippen LogP contribution in [-0.4, -0.2) is 39.9 Å². The van der Waals surface area contributed by atoms with E-state index in [1.54, 1.807) is 0 Å². The molecule has 1 aromatic rings. The number of nitro groups is 1. The highest BCUT2D eigenvalue weighted by molar-refractivity contribution is 7.89. The highest BCUT2D eigenvalue weighted by Crippen LogP contribution is 2.23. The summed E-state index contributed by atoms with van der Waals surface area (Å²) in [5, 5.41) is 10.9. The molecule has 1 N–H and O–H groups in total. The normalized spacial score (nSPS) is 13.4. The smallest absolute Gasteiger partial charge is 0.289 e. The van der Waals surface area contributed by atoms with Crippen molar-refractivity contribution in [1.29, 1.82) is 0 Å². The lowest BCUT2D eigenvalue weighted by Gasteiger charge is -2.21. The third-order valence-corrected chi connectivity index (χ3v) is 4.17. The lowest BCUT2D eigenvalue weighted by Crippen LogP contribution is -2.42. The zero-order chi connectivity index (χ0) is 15.3. The zero-order valence-corrected chi connectivity index (χ0v) is 12.1. The minimum absolute atomic E-state index is 0.400. The van der Waals surface area contributed by atoms with E-state index in [2.05, 4.69) is 4.72 Å². The molecule has 0 aromatic heterocycles. The standard InChI is InChI=1S/C11H16N2O6S/c1-8(11(18-2)19-3)12-20(16,17)10-7-5-4-6-9(10)13(14)15/h4-8,11-12H,1-3H3. The summed E-state index contributed by atoms with van der Waals surface area (Å²) in [5.74, 6) is 0. The lowest BCUT2D eigenvalue weighted by atomic mass is 10.3. The van der Waals surface area contributed by atoms with Crippen LogP contribution in [0.2, 0.25) is 0 Å². The molecule has 9 heteroatoms. The van der Waals surface area contributed by atoms with E-state index >= 15 is 0 Å². The van der Waals surface area contributed by atoms with Gasteiger partial charge in [-0.25, -0.2) is 13.1 Å². The van der Waals surface area contributed by atoms with Crippen LogP contribution in [0.25, 0.3) is 0 Å². The Morgan fingerprint density at radius 3 is 2.30 bits per heavy atom. The Bertz CT molecular complexity index is 570. The molecule has 1 unspecified atom stereocenters. The molecule has 0 aliphatic carbocycles. The number of methoxy groups -OCH3 is 2. The molecule has 0 bridgehead atoms. The Kier molecular flexibility index (Phi) is 5.57. The maximum atomic E-state index is 12.2. The molecule has 8 nitrogen and oxygen atoms in total. The summed E-state index contributed by atoms with van der Waals surface area (Å²) in [5.41, 5.74) is -0.487. The van der Waals surface area contributed by atoms with Crippen LogP contribution in [0, 0.1) is 10.1 Å². The first-order chi connectivity index (χ1) is 9.33. The maximum absolute atomic E-state index is 12.2. The van der Waals surface area contributed by atoms with Gasteiger partial charge < -0.3 is 9.47 Å². The van der Waals surface area contributed by atoms with Crippen LogP contribution in [0.1, 0.15) is 6.92 Å². The van der Waals surface area contributed by atoms with E-state index in [0.29, 0.717) is 0 Å². The molecule has 0 heterocycles. The lowest BCUT2D eigenvalue weighted by molar-refractivity contribution is -0.387. The molecule has 1 atom stereocenters. The first kappa shape index (κ1) is 16.5. The molecule has 1 rings (SSSR count). The van der Waals surface area contributed by atoms with Gasteiger partial charge in [-0.3, -0.25) is 10.1 Å². The van der Waals surface area contributed by atoms with Crippen LogP contribution in [0.4, 0.5) is 5.69 Å². The van der Waals surface area contributed by atoms with E-state index in [9.17, 15) is 18.5 Å². The average molecular weight is 304 g/mol. The minimum Gasteiger partial charge on any atom is -0.354 e. The van der Waals surface area contributed by atoms with Crippen LogP contribution >= 0.6 is 0 Å². The van der Waals surface area contributed by atoms with Crippen molar-refractivity contribution in [3.05, 3.63) is 34.4 Å². The van der Waals surface area contributed by atoms with Crippen LogP contribution < -0.4 is 4.72 Å². The summed E-state index contributed by atoms with van der Waals surface area (Å²) >= 11 is 0. The van der Waals surface area contributed by atoms with Crippen molar-refractivity contribution in [2.75, 3.05) is 14.2 Å². The molecule has 0 fully saturated rings. The topological polar surface area (TPSA) is 108 Å². The number of hydrogen-bond donors (Lipinski definition) is 1. The highest BCUT2D eigenvalue weighted by Gasteiger charge is 2.29. The molecule has 112 valence electrons. The number of hydrogen-bond acceptors (Lipinski definition) is 6. The van der Waals surface area contributed by atoms with Crippen LogP contribution in [-0.2, 0) is 19.5 Å². The molecule has 0 spiro atoms. The molecular formula is C11H16N2O6S. The minimum atomic E-state index is -4.05. The predicted octanol–water partition coefficient (Wildman–Crippen LogP) is 0.880. The summed E-state index contributed by atoms with van der Waals surface area (Å²) < 4.78 is 36.5. The van der Waals surface area contributed by atoms with Crippen molar-refractivity contribution < 1.29 is 22.8 Å². The summed E-state index contributed by atoms with van der Waals surface area (Å²) in [6.07, 6.45) is -0.799. The number of benzene rings is 1. The zero-order valence-electron chi connectivity index (χ0n) is 11.3. The van der Waals surface area contributed by atoms with Crippen molar-refractivity contribution in [3.63, 3.8) is 0 Å². The number of nitrogens with zero attached hydrogens (tertiary/aromatic N) is 1. The second-order valence-corrected chi connectivity index (χ2v) is 5.66. The Morgan fingerprint density at radius 1 is 1.25 bits per heavy atom. The Labute approximate surface area is 116 Å². The Hall–Kier alpha value is -1.55. The summed E-state index contributed by atoms with van der Waals surface area (Å²) in [4.78, 5) is 9.72. The molecule has 0 aliphatic rings. The molecule has 0 radical (unpaired) electrons. The number of nitrogens with one attached hydrogen (secondary N) is 1. The largest absolute Gasteiger partial charge is 0.354 e. The van der Waals surface area contributed by atoms with Crippen molar-refractivity contribution in [2.45, 2.75) is 24.2 Å². The van der Waals surface area contributed by atoms with Gasteiger partial charge in [0.25, 0.3) is 5.69 Å². The summed E-state index contributed by atoms with van der Waals surface area (Å²) in [6, 6.07) is 4.39. The van der Waals surface area contributed by atoms with Crippen molar-refractivity contribution >= 4 is 15.7 Å². The number of nitro benzene ring substituents is 1. The SMILES string of the molecule is COC(OC)C(C)NS(=O)(=O)c1ccccc1[N+](=O)[O-]. The van der Waals surface area contributed by atoms with E-state index in [0.717, 1.165) is 6.07 Å². The average Bonchev–Trinajstić information content (AvgIpc) is 2.39. The fourth-order valence-electron chi connectivity index (χ4n) is 1.70. The molecule has 1 aromatic carbocycles. The van der Waals surface area contributed by atoms with Gasteiger partial charge in [-0.05, 0) is 13.0 Å². The monoisotopic (exact) mass is 304 g/mol. The molecule has 0 saturated carbocycles. The maximum Gasteiger partial charge on any atom is 0.289 e. The van der Waals surface area contributed by atoms with Gasteiger partial charge >= 0.3 is 0 Å². The summed E-state index contributed by atoms with van der Waals surface area (Å²) in [7, 11) is -1.32. The summed E-state index contributed by atoms with van der Waals surface area (Å²) in [6.45, 7) is 1.53. The second-order valence-electron chi connectivity index (χ2n) is 3.97. The van der Waals surface area contributed by atoms with Crippen LogP contribution in [0.5, 0.6) is 0 Å². The van der Waals surface area contributed by atoms with Crippen LogP contribution in [0.15, 0.2) is 29.2 Å². The third kappa shape index (κ3) is 3.73. The number of ether oxygens (including phenoxy) is 2. The first-order valence-corrected chi connectivity index (χ1v) is 7.13. The number of para-hydroxylation sites is 1. The second kappa shape index (κ2) is 6.75. The highest BCUT2D eigenvalue weighted by atomic mass is 32.2. The van der Waals surface area contributed by atoms with Crippen molar-refractivity contribution in [2.24, 2.45) is 0 Å².